The van der Waals surface area contributed by atoms with Crippen LogP contribution in [-0.2, 0) is 6.42 Å². The third kappa shape index (κ3) is 7.04. The van der Waals surface area contributed by atoms with E-state index in [1.165, 1.54) is 31.2 Å². The van der Waals surface area contributed by atoms with Gasteiger partial charge in [-0.3, -0.25) is 4.99 Å². The topological polar surface area (TPSA) is 49.3 Å². The highest BCUT2D eigenvalue weighted by Crippen LogP contribution is 2.19. The zero-order chi connectivity index (χ0) is 16.3. The van der Waals surface area contributed by atoms with Crippen molar-refractivity contribution < 1.29 is 0 Å². The monoisotopic (exact) mass is 334 g/mol. The van der Waals surface area contributed by atoms with Crippen molar-refractivity contribution in [3.05, 3.63) is 40.7 Å². The molecule has 0 saturated carbocycles. The molecule has 1 aromatic heterocycles. The summed E-state index contributed by atoms with van der Waals surface area (Å²) in [5, 5.41) is 7.21. The van der Waals surface area contributed by atoms with E-state index in [9.17, 15) is 0 Å². The first-order chi connectivity index (χ1) is 11.3. The van der Waals surface area contributed by atoms with Crippen LogP contribution in [-0.4, -0.2) is 30.6 Å². The summed E-state index contributed by atoms with van der Waals surface area (Å²) in [5.74, 6) is 0.894. The zero-order valence-electron chi connectivity index (χ0n) is 13.9. The van der Waals surface area contributed by atoms with Crippen LogP contribution in [0.5, 0.6) is 0 Å². The van der Waals surface area contributed by atoms with E-state index in [0.29, 0.717) is 5.15 Å². The number of halogens is 1. The average molecular weight is 335 g/mol. The van der Waals surface area contributed by atoms with Gasteiger partial charge in [-0.25, -0.2) is 4.98 Å². The lowest BCUT2D eigenvalue weighted by molar-refractivity contribution is 0.674. The minimum Gasteiger partial charge on any atom is -0.357 e. The van der Waals surface area contributed by atoms with Gasteiger partial charge < -0.3 is 10.6 Å². The number of rotatable bonds is 7. The molecule has 0 unspecified atom stereocenters. The van der Waals surface area contributed by atoms with Gasteiger partial charge in [-0.2, -0.15) is 0 Å². The lowest BCUT2D eigenvalue weighted by Crippen LogP contribution is -2.38. The molecule has 0 aliphatic heterocycles. The SMILES string of the molecule is CCNC(=NCCC1=CCCCC1)NCCc1ccc(Cl)nc1. The van der Waals surface area contributed by atoms with Crippen molar-refractivity contribution in [3.8, 4) is 0 Å². The van der Waals surface area contributed by atoms with Gasteiger partial charge in [-0.15, -0.1) is 0 Å². The maximum atomic E-state index is 5.80. The van der Waals surface area contributed by atoms with Crippen LogP contribution in [0.25, 0.3) is 0 Å². The van der Waals surface area contributed by atoms with Gasteiger partial charge in [0, 0.05) is 25.8 Å². The normalized spacial score (nSPS) is 15.2. The summed E-state index contributed by atoms with van der Waals surface area (Å²) in [5.41, 5.74) is 2.74. The lowest BCUT2D eigenvalue weighted by atomic mass is 9.97. The number of aromatic nitrogens is 1. The van der Waals surface area contributed by atoms with Crippen molar-refractivity contribution >= 4 is 17.6 Å². The Morgan fingerprint density at radius 3 is 2.87 bits per heavy atom. The molecule has 1 aliphatic carbocycles. The van der Waals surface area contributed by atoms with Crippen LogP contribution in [0.1, 0.15) is 44.6 Å². The summed E-state index contributed by atoms with van der Waals surface area (Å²) in [4.78, 5) is 8.77. The Labute approximate surface area is 144 Å². The van der Waals surface area contributed by atoms with Crippen molar-refractivity contribution in [3.63, 3.8) is 0 Å². The summed E-state index contributed by atoms with van der Waals surface area (Å²) in [7, 11) is 0. The third-order valence-corrected chi connectivity index (χ3v) is 4.15. The van der Waals surface area contributed by atoms with Crippen LogP contribution >= 0.6 is 11.6 Å². The highest BCUT2D eigenvalue weighted by Gasteiger charge is 2.03. The molecule has 4 nitrogen and oxygen atoms in total. The largest absolute Gasteiger partial charge is 0.357 e. The molecular weight excluding hydrogens is 308 g/mol. The Morgan fingerprint density at radius 2 is 2.17 bits per heavy atom. The maximum Gasteiger partial charge on any atom is 0.191 e. The van der Waals surface area contributed by atoms with E-state index in [4.69, 9.17) is 11.6 Å². The zero-order valence-corrected chi connectivity index (χ0v) is 14.7. The standard InChI is InChI=1S/C18H27ClN4/c1-2-20-18(21-12-10-15-6-4-3-5-7-15)22-13-11-16-8-9-17(19)23-14-16/h6,8-9,14H,2-5,7,10-13H2,1H3,(H2,20,21,22). The summed E-state index contributed by atoms with van der Waals surface area (Å²) in [6, 6.07) is 3.84. The van der Waals surface area contributed by atoms with Gasteiger partial charge in [0.05, 0.1) is 0 Å². The third-order valence-electron chi connectivity index (χ3n) is 3.93. The van der Waals surface area contributed by atoms with E-state index in [1.54, 1.807) is 5.57 Å². The Balaban J connectivity index is 1.74. The van der Waals surface area contributed by atoms with Crippen molar-refractivity contribution in [1.82, 2.24) is 15.6 Å². The van der Waals surface area contributed by atoms with E-state index in [-0.39, 0.29) is 0 Å². The summed E-state index contributed by atoms with van der Waals surface area (Å²) < 4.78 is 0. The predicted octanol–water partition coefficient (Wildman–Crippen LogP) is 3.72. The number of nitrogens with zero attached hydrogens (tertiary/aromatic N) is 2. The van der Waals surface area contributed by atoms with Crippen LogP contribution < -0.4 is 10.6 Å². The number of hydrogen-bond donors (Lipinski definition) is 2. The summed E-state index contributed by atoms with van der Waals surface area (Å²) in [6.45, 7) is 4.64. The molecule has 2 rings (SSSR count). The fraction of sp³-hybridized carbons (Fsp3) is 0.556. The van der Waals surface area contributed by atoms with Crippen molar-refractivity contribution in [1.29, 1.82) is 0 Å². The van der Waals surface area contributed by atoms with Crippen molar-refractivity contribution in [2.24, 2.45) is 4.99 Å². The first kappa shape index (κ1) is 17.8. The second kappa shape index (κ2) is 10.3. The molecule has 0 aromatic carbocycles. The van der Waals surface area contributed by atoms with E-state index < -0.39 is 0 Å². The molecule has 1 aliphatic rings. The van der Waals surface area contributed by atoms with Crippen LogP contribution in [0.15, 0.2) is 35.0 Å². The Morgan fingerprint density at radius 1 is 1.26 bits per heavy atom. The molecule has 0 atom stereocenters. The van der Waals surface area contributed by atoms with Crippen LogP contribution in [0.2, 0.25) is 5.15 Å². The van der Waals surface area contributed by atoms with Gasteiger partial charge in [0.15, 0.2) is 5.96 Å². The van der Waals surface area contributed by atoms with Crippen molar-refractivity contribution in [2.75, 3.05) is 19.6 Å². The number of pyridine rings is 1. The number of aliphatic imine (C=N–C) groups is 1. The molecule has 2 N–H and O–H groups in total. The molecule has 23 heavy (non-hydrogen) atoms. The Kier molecular flexibility index (Phi) is 7.95. The minimum atomic E-state index is 0.536. The summed E-state index contributed by atoms with van der Waals surface area (Å²) in [6.07, 6.45) is 11.4. The molecule has 0 amide bonds. The maximum absolute atomic E-state index is 5.80. The highest BCUT2D eigenvalue weighted by molar-refractivity contribution is 6.29. The Hall–Kier alpha value is -1.55. The predicted molar refractivity (Wildman–Crippen MR) is 98.1 cm³/mol. The van der Waals surface area contributed by atoms with Crippen molar-refractivity contribution in [2.45, 2.75) is 45.4 Å². The first-order valence-corrected chi connectivity index (χ1v) is 8.96. The molecule has 0 spiro atoms. The van der Waals surface area contributed by atoms with E-state index >= 15 is 0 Å². The van der Waals surface area contributed by atoms with Crippen LogP contribution in [0.4, 0.5) is 0 Å². The van der Waals surface area contributed by atoms with Crippen LogP contribution in [0, 0.1) is 0 Å². The van der Waals surface area contributed by atoms with E-state index in [2.05, 4.69) is 33.6 Å². The molecular formula is C18H27ClN4. The molecule has 1 aromatic rings. The van der Waals surface area contributed by atoms with Gasteiger partial charge in [-0.1, -0.05) is 29.3 Å². The molecule has 0 saturated heterocycles. The van der Waals surface area contributed by atoms with Gasteiger partial charge in [0.1, 0.15) is 5.15 Å². The summed E-state index contributed by atoms with van der Waals surface area (Å²) >= 11 is 5.80. The second-order valence-corrected chi connectivity index (χ2v) is 6.17. The number of guanidine groups is 1. The van der Waals surface area contributed by atoms with Gasteiger partial charge >= 0.3 is 0 Å². The minimum absolute atomic E-state index is 0.536. The molecule has 1 heterocycles. The van der Waals surface area contributed by atoms with Gasteiger partial charge in [-0.05, 0) is 57.1 Å². The quantitative estimate of drug-likeness (QED) is 0.346. The van der Waals surface area contributed by atoms with Crippen LogP contribution in [0.3, 0.4) is 0 Å². The lowest BCUT2D eigenvalue weighted by Gasteiger charge is -2.13. The fourth-order valence-corrected chi connectivity index (χ4v) is 2.78. The molecule has 126 valence electrons. The molecule has 0 bridgehead atoms. The number of nitrogens with one attached hydrogen (secondary N) is 2. The second-order valence-electron chi connectivity index (χ2n) is 5.78. The van der Waals surface area contributed by atoms with E-state index in [0.717, 1.165) is 38.4 Å². The molecule has 0 fully saturated rings. The Bertz CT molecular complexity index is 522. The number of hydrogen-bond acceptors (Lipinski definition) is 2. The molecule has 5 heteroatoms. The van der Waals surface area contributed by atoms with Gasteiger partial charge in [0.2, 0.25) is 0 Å². The average Bonchev–Trinajstić information content (AvgIpc) is 2.58. The number of allylic oxidation sites excluding steroid dienone is 1. The first-order valence-electron chi connectivity index (χ1n) is 8.58. The van der Waals surface area contributed by atoms with E-state index in [1.807, 2.05) is 18.3 Å². The molecule has 0 radical (unpaired) electrons. The highest BCUT2D eigenvalue weighted by atomic mass is 35.5. The smallest absolute Gasteiger partial charge is 0.191 e. The van der Waals surface area contributed by atoms with Gasteiger partial charge in [0.25, 0.3) is 0 Å². The fourth-order valence-electron chi connectivity index (χ4n) is 2.66.